The Bertz CT molecular complexity index is 1040. The van der Waals surface area contributed by atoms with E-state index in [0.717, 1.165) is 16.7 Å². The smallest absolute Gasteiger partial charge is 0.270 e. The summed E-state index contributed by atoms with van der Waals surface area (Å²) < 4.78 is 5.81. The van der Waals surface area contributed by atoms with Gasteiger partial charge in [-0.3, -0.25) is 10.1 Å². The summed E-state index contributed by atoms with van der Waals surface area (Å²) in [7, 11) is 0. The molecule has 0 fully saturated rings. The predicted octanol–water partition coefficient (Wildman–Crippen LogP) is 5.54. The lowest BCUT2D eigenvalue weighted by Crippen LogP contribution is -1.89. The third-order valence-corrected chi connectivity index (χ3v) is 4.09. The first-order chi connectivity index (χ1) is 12.5. The fraction of sp³-hybridized carbons (Fsp3) is 0.0952. The molecular weight excluding hydrogens is 328 g/mol. The molecular formula is C21H16N2O3. The Morgan fingerprint density at radius 2 is 1.85 bits per heavy atom. The van der Waals surface area contributed by atoms with E-state index >= 15 is 0 Å². The summed E-state index contributed by atoms with van der Waals surface area (Å²) in [6.07, 6.45) is 1.67. The molecule has 0 radical (unpaired) electrons. The lowest BCUT2D eigenvalue weighted by Gasteiger charge is -2.02. The van der Waals surface area contributed by atoms with Crippen LogP contribution in [-0.4, -0.2) is 4.92 Å². The maximum absolute atomic E-state index is 11.0. The highest BCUT2D eigenvalue weighted by molar-refractivity contribution is 5.89. The molecule has 0 unspecified atom stereocenters. The Morgan fingerprint density at radius 3 is 2.50 bits per heavy atom. The molecule has 0 bridgehead atoms. The van der Waals surface area contributed by atoms with Gasteiger partial charge in [0.25, 0.3) is 5.69 Å². The van der Waals surface area contributed by atoms with Crippen molar-refractivity contribution < 1.29 is 9.34 Å². The maximum Gasteiger partial charge on any atom is 0.270 e. The molecule has 1 heterocycles. The zero-order chi connectivity index (χ0) is 18.7. The van der Waals surface area contributed by atoms with Gasteiger partial charge in [0.05, 0.1) is 16.6 Å². The average Bonchev–Trinajstić information content (AvgIpc) is 3.09. The second-order valence-corrected chi connectivity index (χ2v) is 5.99. The SMILES string of the molecule is Cc1ccc(/C(C#N)=C\c2ccc(-c3cc([N+](=O)[O-])ccc3C)o2)cc1. The van der Waals surface area contributed by atoms with Crippen molar-refractivity contribution in [2.75, 3.05) is 0 Å². The van der Waals surface area contributed by atoms with Crippen LogP contribution in [0.1, 0.15) is 22.5 Å². The molecule has 5 nitrogen and oxygen atoms in total. The van der Waals surface area contributed by atoms with E-state index in [-0.39, 0.29) is 5.69 Å². The average molecular weight is 344 g/mol. The van der Waals surface area contributed by atoms with Gasteiger partial charge in [-0.15, -0.1) is 0 Å². The highest BCUT2D eigenvalue weighted by Crippen LogP contribution is 2.30. The van der Waals surface area contributed by atoms with Crippen LogP contribution in [0.5, 0.6) is 0 Å². The number of hydrogen-bond donors (Lipinski definition) is 0. The summed E-state index contributed by atoms with van der Waals surface area (Å²) in [6.45, 7) is 3.85. The van der Waals surface area contributed by atoms with E-state index < -0.39 is 4.92 Å². The molecule has 0 aliphatic heterocycles. The maximum atomic E-state index is 11.0. The van der Waals surface area contributed by atoms with Crippen molar-refractivity contribution in [1.82, 2.24) is 0 Å². The Labute approximate surface area is 151 Å². The van der Waals surface area contributed by atoms with Crippen LogP contribution >= 0.6 is 0 Å². The first-order valence-electron chi connectivity index (χ1n) is 8.02. The van der Waals surface area contributed by atoms with E-state index in [0.29, 0.717) is 22.7 Å². The molecule has 1 aromatic heterocycles. The van der Waals surface area contributed by atoms with Crippen molar-refractivity contribution in [3.63, 3.8) is 0 Å². The Morgan fingerprint density at radius 1 is 1.12 bits per heavy atom. The number of aryl methyl sites for hydroxylation is 2. The van der Waals surface area contributed by atoms with E-state index in [1.54, 1.807) is 24.3 Å². The topological polar surface area (TPSA) is 80.1 Å². The molecule has 0 saturated carbocycles. The van der Waals surface area contributed by atoms with Crippen LogP contribution in [0, 0.1) is 35.3 Å². The van der Waals surface area contributed by atoms with Gasteiger partial charge in [-0.25, -0.2) is 0 Å². The Hall–Kier alpha value is -3.65. The van der Waals surface area contributed by atoms with Gasteiger partial charge in [0.15, 0.2) is 0 Å². The molecule has 0 aliphatic carbocycles. The van der Waals surface area contributed by atoms with Crippen molar-refractivity contribution in [2.24, 2.45) is 0 Å². The highest BCUT2D eigenvalue weighted by atomic mass is 16.6. The van der Waals surface area contributed by atoms with Crippen molar-refractivity contribution in [2.45, 2.75) is 13.8 Å². The molecule has 0 atom stereocenters. The molecule has 5 heteroatoms. The molecule has 128 valence electrons. The van der Waals surface area contributed by atoms with E-state index in [2.05, 4.69) is 6.07 Å². The van der Waals surface area contributed by atoms with Crippen LogP contribution in [0.25, 0.3) is 23.0 Å². The monoisotopic (exact) mass is 344 g/mol. The van der Waals surface area contributed by atoms with Gasteiger partial charge in [-0.2, -0.15) is 5.26 Å². The number of non-ortho nitro benzene ring substituents is 1. The normalized spacial score (nSPS) is 11.2. The van der Waals surface area contributed by atoms with Crippen LogP contribution in [0.4, 0.5) is 5.69 Å². The molecule has 0 spiro atoms. The molecule has 0 aliphatic rings. The van der Waals surface area contributed by atoms with Crippen molar-refractivity contribution in [3.05, 3.63) is 87.2 Å². The van der Waals surface area contributed by atoms with Gasteiger partial charge in [0.1, 0.15) is 11.5 Å². The molecule has 0 N–H and O–H groups in total. The molecule has 0 saturated heterocycles. The quantitative estimate of drug-likeness (QED) is 0.354. The number of nitriles is 1. The zero-order valence-electron chi connectivity index (χ0n) is 14.4. The summed E-state index contributed by atoms with van der Waals surface area (Å²) >= 11 is 0. The lowest BCUT2D eigenvalue weighted by molar-refractivity contribution is -0.384. The number of allylic oxidation sites excluding steroid dienone is 1. The third kappa shape index (κ3) is 3.55. The van der Waals surface area contributed by atoms with E-state index in [1.807, 2.05) is 38.1 Å². The molecule has 3 aromatic rings. The first kappa shape index (κ1) is 17.2. The van der Waals surface area contributed by atoms with Crippen LogP contribution in [0.15, 0.2) is 59.0 Å². The van der Waals surface area contributed by atoms with Crippen LogP contribution in [0.2, 0.25) is 0 Å². The van der Waals surface area contributed by atoms with Crippen LogP contribution in [0.3, 0.4) is 0 Å². The minimum absolute atomic E-state index is 0.0106. The number of nitro benzene ring substituents is 1. The van der Waals surface area contributed by atoms with Gasteiger partial charge in [0.2, 0.25) is 0 Å². The standard InChI is InChI=1S/C21H16N2O3/c1-14-3-6-16(7-4-14)17(13-22)11-19-9-10-21(26-19)20-12-18(23(24)25)8-5-15(20)2/h3-12H,1-2H3/b17-11-. The van der Waals surface area contributed by atoms with E-state index in [4.69, 9.17) is 4.42 Å². The van der Waals surface area contributed by atoms with E-state index in [9.17, 15) is 15.4 Å². The van der Waals surface area contributed by atoms with Crippen molar-refractivity contribution >= 4 is 17.3 Å². The fourth-order valence-electron chi connectivity index (χ4n) is 2.62. The second kappa shape index (κ2) is 7.08. The minimum atomic E-state index is -0.433. The van der Waals surface area contributed by atoms with E-state index in [1.165, 1.54) is 12.1 Å². The number of benzene rings is 2. The van der Waals surface area contributed by atoms with Crippen molar-refractivity contribution in [3.8, 4) is 17.4 Å². The Kier molecular flexibility index (Phi) is 4.68. The predicted molar refractivity (Wildman–Crippen MR) is 100 cm³/mol. The number of rotatable bonds is 4. The number of furan rings is 1. The minimum Gasteiger partial charge on any atom is -0.457 e. The summed E-state index contributed by atoms with van der Waals surface area (Å²) in [5.74, 6) is 1.04. The molecule has 3 rings (SSSR count). The highest BCUT2D eigenvalue weighted by Gasteiger charge is 2.13. The largest absolute Gasteiger partial charge is 0.457 e. The van der Waals surface area contributed by atoms with Gasteiger partial charge in [-0.1, -0.05) is 35.9 Å². The van der Waals surface area contributed by atoms with Gasteiger partial charge in [0, 0.05) is 17.7 Å². The summed E-state index contributed by atoms with van der Waals surface area (Å²) in [5, 5.41) is 20.4. The third-order valence-electron chi connectivity index (χ3n) is 4.09. The summed E-state index contributed by atoms with van der Waals surface area (Å²) in [6, 6.07) is 18.0. The Balaban J connectivity index is 1.97. The zero-order valence-corrected chi connectivity index (χ0v) is 14.4. The number of nitro groups is 1. The van der Waals surface area contributed by atoms with Gasteiger partial charge < -0.3 is 4.42 Å². The summed E-state index contributed by atoms with van der Waals surface area (Å²) in [5.41, 5.74) is 3.96. The van der Waals surface area contributed by atoms with Gasteiger partial charge in [-0.05, 0) is 43.2 Å². The van der Waals surface area contributed by atoms with Crippen molar-refractivity contribution in [1.29, 1.82) is 5.26 Å². The lowest BCUT2D eigenvalue weighted by atomic mass is 10.0. The van der Waals surface area contributed by atoms with Crippen LogP contribution in [-0.2, 0) is 0 Å². The fourth-order valence-corrected chi connectivity index (χ4v) is 2.62. The molecule has 0 amide bonds. The number of hydrogen-bond acceptors (Lipinski definition) is 4. The molecule has 2 aromatic carbocycles. The first-order valence-corrected chi connectivity index (χ1v) is 8.02. The molecule has 26 heavy (non-hydrogen) atoms. The van der Waals surface area contributed by atoms with Gasteiger partial charge >= 0.3 is 0 Å². The number of nitrogens with zero attached hydrogens (tertiary/aromatic N) is 2. The second-order valence-electron chi connectivity index (χ2n) is 5.99. The van der Waals surface area contributed by atoms with Crippen LogP contribution < -0.4 is 0 Å². The summed E-state index contributed by atoms with van der Waals surface area (Å²) in [4.78, 5) is 10.6.